The van der Waals surface area contributed by atoms with Crippen LogP contribution in [0.4, 0.5) is 0 Å². The van der Waals surface area contributed by atoms with E-state index in [9.17, 15) is 13.2 Å². The van der Waals surface area contributed by atoms with Crippen LogP contribution in [0.15, 0.2) is 40.6 Å². The van der Waals surface area contributed by atoms with Gasteiger partial charge in [0.1, 0.15) is 21.3 Å². The average molecular weight is 327 g/mol. The van der Waals surface area contributed by atoms with Gasteiger partial charge in [-0.1, -0.05) is 19.1 Å². The SMILES string of the molecule is CCNS(=O)(=O)c1ccccc1Oc1csc(C(=O)O)c1. The first-order valence-corrected chi connectivity index (χ1v) is 8.38. The maximum absolute atomic E-state index is 12.1. The average Bonchev–Trinajstić information content (AvgIpc) is 2.88. The van der Waals surface area contributed by atoms with Gasteiger partial charge in [-0.25, -0.2) is 17.9 Å². The molecule has 8 heteroatoms. The third-order valence-corrected chi connectivity index (χ3v) is 4.97. The number of hydrogen-bond acceptors (Lipinski definition) is 5. The largest absolute Gasteiger partial charge is 0.477 e. The Bertz CT molecular complexity index is 751. The van der Waals surface area contributed by atoms with E-state index >= 15 is 0 Å². The second-order valence-corrected chi connectivity index (χ2v) is 6.65. The van der Waals surface area contributed by atoms with Crippen LogP contribution in [0.3, 0.4) is 0 Å². The highest BCUT2D eigenvalue weighted by molar-refractivity contribution is 7.89. The van der Waals surface area contributed by atoms with Crippen molar-refractivity contribution in [2.45, 2.75) is 11.8 Å². The summed E-state index contributed by atoms with van der Waals surface area (Å²) in [5.74, 6) is -0.617. The number of aromatic carboxylic acids is 1. The Morgan fingerprint density at radius 1 is 1.38 bits per heavy atom. The van der Waals surface area contributed by atoms with Gasteiger partial charge in [0.2, 0.25) is 10.0 Å². The number of rotatable bonds is 6. The van der Waals surface area contributed by atoms with Gasteiger partial charge in [0.25, 0.3) is 0 Å². The molecule has 0 fully saturated rings. The summed E-state index contributed by atoms with van der Waals surface area (Å²) in [4.78, 5) is 11.0. The minimum absolute atomic E-state index is 0.00919. The van der Waals surface area contributed by atoms with Crippen LogP contribution in [0.1, 0.15) is 16.6 Å². The summed E-state index contributed by atoms with van der Waals surface area (Å²) in [5.41, 5.74) is 0. The van der Waals surface area contributed by atoms with Gasteiger partial charge in [-0.2, -0.15) is 0 Å². The highest BCUT2D eigenvalue weighted by Crippen LogP contribution is 2.31. The van der Waals surface area contributed by atoms with Gasteiger partial charge in [-0.05, 0) is 12.1 Å². The van der Waals surface area contributed by atoms with Crippen molar-refractivity contribution in [3.63, 3.8) is 0 Å². The van der Waals surface area contributed by atoms with E-state index in [-0.39, 0.29) is 27.8 Å². The number of thiophene rings is 1. The molecule has 0 spiro atoms. The van der Waals surface area contributed by atoms with Crippen LogP contribution in [0.2, 0.25) is 0 Å². The normalized spacial score (nSPS) is 11.3. The fourth-order valence-electron chi connectivity index (χ4n) is 1.64. The number of carboxylic acids is 1. The summed E-state index contributed by atoms with van der Waals surface area (Å²) in [6.45, 7) is 1.94. The molecule has 2 N–H and O–H groups in total. The first-order chi connectivity index (χ1) is 9.94. The molecule has 1 aromatic carbocycles. The zero-order valence-electron chi connectivity index (χ0n) is 11.1. The Balaban J connectivity index is 2.34. The van der Waals surface area contributed by atoms with Gasteiger partial charge in [0.05, 0.1) is 0 Å². The van der Waals surface area contributed by atoms with Gasteiger partial charge in [-0.3, -0.25) is 0 Å². The van der Waals surface area contributed by atoms with Crippen molar-refractivity contribution in [1.29, 1.82) is 0 Å². The topological polar surface area (TPSA) is 92.7 Å². The van der Waals surface area contributed by atoms with Crippen molar-refractivity contribution in [3.05, 3.63) is 40.6 Å². The molecule has 0 saturated heterocycles. The second kappa shape index (κ2) is 6.25. The maximum atomic E-state index is 12.1. The van der Waals surface area contributed by atoms with Crippen LogP contribution >= 0.6 is 11.3 Å². The summed E-state index contributed by atoms with van der Waals surface area (Å²) in [7, 11) is -3.66. The molecule has 0 atom stereocenters. The summed E-state index contributed by atoms with van der Waals surface area (Å²) in [5, 5.41) is 10.4. The molecular formula is C13H13NO5S2. The molecule has 2 aromatic rings. The van der Waals surface area contributed by atoms with E-state index in [1.165, 1.54) is 23.6 Å². The van der Waals surface area contributed by atoms with Crippen molar-refractivity contribution in [2.75, 3.05) is 6.54 Å². The Labute approximate surface area is 126 Å². The van der Waals surface area contributed by atoms with Crippen LogP contribution in [0, 0.1) is 0 Å². The molecule has 1 heterocycles. The van der Waals surface area contributed by atoms with E-state index in [1.54, 1.807) is 19.1 Å². The van der Waals surface area contributed by atoms with Crippen molar-refractivity contribution in [3.8, 4) is 11.5 Å². The van der Waals surface area contributed by atoms with Crippen LogP contribution in [-0.4, -0.2) is 26.0 Å². The van der Waals surface area contributed by atoms with Crippen LogP contribution in [0.25, 0.3) is 0 Å². The molecule has 0 unspecified atom stereocenters. The standard InChI is InChI=1S/C13H13NO5S2/c1-2-14-21(17,18)12-6-4-3-5-10(12)19-9-7-11(13(15)16)20-8-9/h3-8,14H,2H2,1H3,(H,15,16). The molecule has 0 amide bonds. The first-order valence-electron chi connectivity index (χ1n) is 6.02. The fourth-order valence-corrected chi connectivity index (χ4v) is 3.45. The molecule has 0 radical (unpaired) electrons. The number of sulfonamides is 1. The number of carboxylic acid groups (broad SMARTS) is 1. The van der Waals surface area contributed by atoms with E-state index in [1.807, 2.05) is 0 Å². The second-order valence-electron chi connectivity index (χ2n) is 4.00. The molecule has 112 valence electrons. The van der Waals surface area contributed by atoms with Gasteiger partial charge in [0, 0.05) is 18.0 Å². The summed E-state index contributed by atoms with van der Waals surface area (Å²) < 4.78 is 32.0. The number of para-hydroxylation sites is 1. The minimum atomic E-state index is -3.66. The first kappa shape index (κ1) is 15.5. The third kappa shape index (κ3) is 3.60. The van der Waals surface area contributed by atoms with Crippen molar-refractivity contribution >= 4 is 27.3 Å². The molecule has 0 aliphatic carbocycles. The number of hydrogen-bond donors (Lipinski definition) is 2. The fraction of sp³-hybridized carbons (Fsp3) is 0.154. The van der Waals surface area contributed by atoms with Gasteiger partial charge in [-0.15, -0.1) is 11.3 Å². The lowest BCUT2D eigenvalue weighted by atomic mass is 10.3. The molecule has 0 bridgehead atoms. The Morgan fingerprint density at radius 2 is 2.10 bits per heavy atom. The van der Waals surface area contributed by atoms with Crippen molar-refractivity contribution < 1.29 is 23.1 Å². The van der Waals surface area contributed by atoms with Crippen molar-refractivity contribution in [1.82, 2.24) is 4.72 Å². The van der Waals surface area contributed by atoms with E-state index in [4.69, 9.17) is 9.84 Å². The lowest BCUT2D eigenvalue weighted by Crippen LogP contribution is -2.23. The summed E-state index contributed by atoms with van der Waals surface area (Å²) in [6, 6.07) is 7.53. The summed E-state index contributed by atoms with van der Waals surface area (Å²) >= 11 is 1.01. The molecule has 0 saturated carbocycles. The predicted octanol–water partition coefficient (Wildman–Crippen LogP) is 2.54. The van der Waals surface area contributed by atoms with Gasteiger partial charge >= 0.3 is 5.97 Å². The Morgan fingerprint density at radius 3 is 2.71 bits per heavy atom. The van der Waals surface area contributed by atoms with Gasteiger partial charge in [0.15, 0.2) is 0 Å². The zero-order valence-corrected chi connectivity index (χ0v) is 12.7. The summed E-state index contributed by atoms with van der Waals surface area (Å²) in [6.07, 6.45) is 0. The van der Waals surface area contributed by atoms with E-state index < -0.39 is 16.0 Å². The number of nitrogens with one attached hydrogen (secondary N) is 1. The lowest BCUT2D eigenvalue weighted by molar-refractivity contribution is 0.0702. The Hall–Kier alpha value is -1.90. The van der Waals surface area contributed by atoms with Crippen molar-refractivity contribution in [2.24, 2.45) is 0 Å². The molecular weight excluding hydrogens is 314 g/mol. The molecule has 21 heavy (non-hydrogen) atoms. The van der Waals surface area contributed by atoms with Crippen LogP contribution in [-0.2, 0) is 10.0 Å². The molecule has 0 aliphatic heterocycles. The zero-order chi connectivity index (χ0) is 15.5. The quantitative estimate of drug-likeness (QED) is 0.850. The van der Waals surface area contributed by atoms with E-state index in [0.29, 0.717) is 0 Å². The molecule has 1 aromatic heterocycles. The van der Waals surface area contributed by atoms with E-state index in [0.717, 1.165) is 11.3 Å². The lowest BCUT2D eigenvalue weighted by Gasteiger charge is -2.10. The number of ether oxygens (including phenoxy) is 1. The highest BCUT2D eigenvalue weighted by atomic mass is 32.2. The molecule has 2 rings (SSSR count). The van der Waals surface area contributed by atoms with E-state index in [2.05, 4.69) is 4.72 Å². The molecule has 6 nitrogen and oxygen atoms in total. The number of carbonyl (C=O) groups is 1. The monoisotopic (exact) mass is 327 g/mol. The third-order valence-electron chi connectivity index (χ3n) is 2.49. The smallest absolute Gasteiger partial charge is 0.346 e. The number of benzene rings is 1. The van der Waals surface area contributed by atoms with Gasteiger partial charge < -0.3 is 9.84 Å². The molecule has 0 aliphatic rings. The van der Waals surface area contributed by atoms with Crippen LogP contribution < -0.4 is 9.46 Å². The highest BCUT2D eigenvalue weighted by Gasteiger charge is 2.19. The predicted molar refractivity (Wildman–Crippen MR) is 78.7 cm³/mol. The minimum Gasteiger partial charge on any atom is -0.477 e. The Kier molecular flexibility index (Phi) is 4.61. The van der Waals surface area contributed by atoms with Crippen LogP contribution in [0.5, 0.6) is 11.5 Å². The maximum Gasteiger partial charge on any atom is 0.346 e.